The summed E-state index contributed by atoms with van der Waals surface area (Å²) < 4.78 is 6.38. The summed E-state index contributed by atoms with van der Waals surface area (Å²) in [4.78, 5) is 11.9. The maximum Gasteiger partial charge on any atom is 0.287 e. The number of nitrogens with one attached hydrogen (secondary N) is 1. The minimum Gasteiger partial charge on any atom is -0.459 e. The Labute approximate surface area is 121 Å². The van der Waals surface area contributed by atoms with E-state index in [1.54, 1.807) is 23.5 Å². The van der Waals surface area contributed by atoms with E-state index in [0.717, 1.165) is 6.42 Å². The van der Waals surface area contributed by atoms with Crippen LogP contribution < -0.4 is 5.32 Å². The predicted octanol–water partition coefficient (Wildman–Crippen LogP) is 3.86. The molecule has 102 valence electrons. The molecule has 4 heteroatoms. The van der Waals surface area contributed by atoms with Crippen molar-refractivity contribution in [1.82, 2.24) is 5.32 Å². The third-order valence-corrected chi connectivity index (χ3v) is 4.22. The second-order valence-electron chi connectivity index (χ2n) is 4.81. The number of carbonyl (C=O) groups excluding carboxylic acids is 1. The second-order valence-corrected chi connectivity index (χ2v) is 5.72. The number of benzene rings is 1. The van der Waals surface area contributed by atoms with Crippen molar-refractivity contribution in [2.75, 3.05) is 0 Å². The van der Waals surface area contributed by atoms with Crippen molar-refractivity contribution >= 4 is 27.3 Å². The van der Waals surface area contributed by atoms with Crippen molar-refractivity contribution in [2.24, 2.45) is 0 Å². The number of fused-ring (bicyclic) bond motifs is 1. The molecule has 0 bridgehead atoms. The minimum atomic E-state index is -0.165. The van der Waals surface area contributed by atoms with Crippen LogP contribution in [0.4, 0.5) is 0 Å². The van der Waals surface area contributed by atoms with E-state index >= 15 is 0 Å². The van der Waals surface area contributed by atoms with Gasteiger partial charge in [0.05, 0.1) is 6.26 Å². The fraction of sp³-hybridized carbons (Fsp3) is 0.188. The first kappa shape index (κ1) is 12.9. The van der Waals surface area contributed by atoms with Gasteiger partial charge in [-0.15, -0.1) is 11.3 Å². The number of amides is 1. The van der Waals surface area contributed by atoms with Gasteiger partial charge >= 0.3 is 0 Å². The maximum absolute atomic E-state index is 11.9. The van der Waals surface area contributed by atoms with Crippen molar-refractivity contribution in [3.05, 3.63) is 59.4 Å². The molecule has 2 aromatic heterocycles. The fourth-order valence-electron chi connectivity index (χ4n) is 2.27. The molecular formula is C16H15NO2S. The molecule has 0 aliphatic heterocycles. The van der Waals surface area contributed by atoms with Gasteiger partial charge in [0.15, 0.2) is 5.76 Å². The molecule has 0 fully saturated rings. The highest BCUT2D eigenvalue weighted by atomic mass is 32.1. The first-order chi connectivity index (χ1) is 9.74. The molecule has 1 atom stereocenters. The second kappa shape index (κ2) is 5.51. The van der Waals surface area contributed by atoms with Crippen LogP contribution in [0.15, 0.2) is 52.5 Å². The van der Waals surface area contributed by atoms with Gasteiger partial charge in [0.25, 0.3) is 5.91 Å². The topological polar surface area (TPSA) is 42.2 Å². The molecule has 1 N–H and O–H groups in total. The summed E-state index contributed by atoms with van der Waals surface area (Å²) in [5, 5.41) is 6.40. The minimum absolute atomic E-state index is 0.0607. The summed E-state index contributed by atoms with van der Waals surface area (Å²) in [5.41, 5.74) is 1.28. The summed E-state index contributed by atoms with van der Waals surface area (Å²) in [6, 6.07) is 11.8. The van der Waals surface area contributed by atoms with Gasteiger partial charge in [0, 0.05) is 10.7 Å². The number of rotatable bonds is 4. The molecule has 0 unspecified atom stereocenters. The van der Waals surface area contributed by atoms with Crippen LogP contribution in [-0.2, 0) is 6.42 Å². The zero-order valence-corrected chi connectivity index (χ0v) is 11.9. The largest absolute Gasteiger partial charge is 0.459 e. The zero-order chi connectivity index (χ0) is 13.9. The molecule has 1 amide bonds. The Bertz CT molecular complexity index is 715. The molecule has 3 rings (SSSR count). The molecule has 1 aromatic carbocycles. The third-order valence-electron chi connectivity index (χ3n) is 3.21. The van der Waals surface area contributed by atoms with Crippen LogP contribution in [0.5, 0.6) is 0 Å². The number of furan rings is 1. The molecular weight excluding hydrogens is 270 g/mol. The molecule has 3 nitrogen and oxygen atoms in total. The standard InChI is InChI=1S/C16H15NO2S/c1-11(17-16(18)14-6-4-8-19-14)9-12-10-20-15-7-3-2-5-13(12)15/h2-8,10-11H,9H2,1H3,(H,17,18)/t11-/m1/s1. The molecule has 3 aromatic rings. The Morgan fingerprint density at radius 3 is 2.95 bits per heavy atom. The van der Waals surface area contributed by atoms with Crippen molar-refractivity contribution in [3.63, 3.8) is 0 Å². The molecule has 0 radical (unpaired) electrons. The van der Waals surface area contributed by atoms with Crippen molar-refractivity contribution in [1.29, 1.82) is 0 Å². The lowest BCUT2D eigenvalue weighted by atomic mass is 10.1. The van der Waals surface area contributed by atoms with Crippen LogP contribution >= 0.6 is 11.3 Å². The van der Waals surface area contributed by atoms with Gasteiger partial charge in [0.2, 0.25) is 0 Å². The Balaban J connectivity index is 1.70. The summed E-state index contributed by atoms with van der Waals surface area (Å²) in [5.74, 6) is 0.189. The van der Waals surface area contributed by atoms with Gasteiger partial charge in [0.1, 0.15) is 0 Å². The lowest BCUT2D eigenvalue weighted by Crippen LogP contribution is -2.33. The average Bonchev–Trinajstić information content (AvgIpc) is 3.09. The predicted molar refractivity (Wildman–Crippen MR) is 81.2 cm³/mol. The lowest BCUT2D eigenvalue weighted by Gasteiger charge is -2.12. The maximum atomic E-state index is 11.9. The highest BCUT2D eigenvalue weighted by Crippen LogP contribution is 2.26. The van der Waals surface area contributed by atoms with Gasteiger partial charge < -0.3 is 9.73 Å². The number of hydrogen-bond acceptors (Lipinski definition) is 3. The average molecular weight is 285 g/mol. The van der Waals surface area contributed by atoms with Crippen molar-refractivity contribution in [2.45, 2.75) is 19.4 Å². The quantitative estimate of drug-likeness (QED) is 0.791. The molecule has 0 saturated carbocycles. The van der Waals surface area contributed by atoms with Gasteiger partial charge in [-0.25, -0.2) is 0 Å². The van der Waals surface area contributed by atoms with E-state index in [9.17, 15) is 4.79 Å². The molecule has 0 aliphatic carbocycles. The van der Waals surface area contributed by atoms with Crippen LogP contribution in [0.2, 0.25) is 0 Å². The fourth-order valence-corrected chi connectivity index (χ4v) is 3.25. The molecule has 0 saturated heterocycles. The van der Waals surface area contributed by atoms with Crippen LogP contribution in [0.3, 0.4) is 0 Å². The van der Waals surface area contributed by atoms with Gasteiger partial charge in [-0.3, -0.25) is 4.79 Å². The van der Waals surface area contributed by atoms with E-state index in [2.05, 4.69) is 22.8 Å². The van der Waals surface area contributed by atoms with E-state index in [-0.39, 0.29) is 11.9 Å². The van der Waals surface area contributed by atoms with E-state index in [4.69, 9.17) is 4.42 Å². The summed E-state index contributed by atoms with van der Waals surface area (Å²) in [6.45, 7) is 2.01. The first-order valence-corrected chi connectivity index (χ1v) is 7.41. The van der Waals surface area contributed by atoms with Crippen LogP contribution in [0.1, 0.15) is 23.0 Å². The Morgan fingerprint density at radius 2 is 2.15 bits per heavy atom. The lowest BCUT2D eigenvalue weighted by molar-refractivity contribution is 0.0912. The molecule has 2 heterocycles. The van der Waals surface area contributed by atoms with E-state index in [0.29, 0.717) is 5.76 Å². The van der Waals surface area contributed by atoms with Crippen LogP contribution in [-0.4, -0.2) is 11.9 Å². The molecule has 20 heavy (non-hydrogen) atoms. The first-order valence-electron chi connectivity index (χ1n) is 6.53. The number of hydrogen-bond donors (Lipinski definition) is 1. The van der Waals surface area contributed by atoms with Gasteiger partial charge in [-0.05, 0) is 47.9 Å². The number of thiophene rings is 1. The van der Waals surface area contributed by atoms with Crippen LogP contribution in [0, 0.1) is 0 Å². The van der Waals surface area contributed by atoms with E-state index in [1.807, 2.05) is 19.1 Å². The van der Waals surface area contributed by atoms with Crippen LogP contribution in [0.25, 0.3) is 10.1 Å². The highest BCUT2D eigenvalue weighted by Gasteiger charge is 2.14. The van der Waals surface area contributed by atoms with E-state index in [1.165, 1.54) is 21.9 Å². The monoisotopic (exact) mass is 285 g/mol. The smallest absolute Gasteiger partial charge is 0.287 e. The summed E-state index contributed by atoms with van der Waals surface area (Å²) >= 11 is 1.74. The molecule has 0 aliphatic rings. The Hall–Kier alpha value is -2.07. The Morgan fingerprint density at radius 1 is 1.30 bits per heavy atom. The third kappa shape index (κ3) is 2.60. The highest BCUT2D eigenvalue weighted by molar-refractivity contribution is 7.17. The SMILES string of the molecule is C[C@H](Cc1csc2ccccc12)NC(=O)c1ccco1. The Kier molecular flexibility index (Phi) is 3.56. The van der Waals surface area contributed by atoms with Gasteiger partial charge in [-0.1, -0.05) is 18.2 Å². The molecule has 0 spiro atoms. The summed E-state index contributed by atoms with van der Waals surface area (Å²) in [6.07, 6.45) is 2.32. The van der Waals surface area contributed by atoms with E-state index < -0.39 is 0 Å². The van der Waals surface area contributed by atoms with Crippen molar-refractivity contribution < 1.29 is 9.21 Å². The zero-order valence-electron chi connectivity index (χ0n) is 11.1. The number of carbonyl (C=O) groups is 1. The normalized spacial score (nSPS) is 12.4. The van der Waals surface area contributed by atoms with Crippen molar-refractivity contribution in [3.8, 4) is 0 Å². The van der Waals surface area contributed by atoms with Gasteiger partial charge in [-0.2, -0.15) is 0 Å². The summed E-state index contributed by atoms with van der Waals surface area (Å²) in [7, 11) is 0.